The molecule has 0 saturated carbocycles. The molecule has 0 amide bonds. The molecule has 0 aliphatic heterocycles. The van der Waals surface area contributed by atoms with E-state index in [4.69, 9.17) is 0 Å². The van der Waals surface area contributed by atoms with Crippen molar-refractivity contribution in [3.05, 3.63) is 71.3 Å². The van der Waals surface area contributed by atoms with Crippen LogP contribution in [0.4, 0.5) is 0 Å². The lowest BCUT2D eigenvalue weighted by atomic mass is 9.88. The van der Waals surface area contributed by atoms with Crippen LogP contribution in [-0.4, -0.2) is 12.1 Å². The minimum absolute atomic E-state index is 0.535. The van der Waals surface area contributed by atoms with E-state index in [2.05, 4.69) is 66.8 Å². The fourth-order valence-corrected chi connectivity index (χ4v) is 3.27. The van der Waals surface area contributed by atoms with Crippen LogP contribution < -0.4 is 5.32 Å². The Bertz CT molecular complexity index is 547. The Kier molecular flexibility index (Phi) is 4.17. The van der Waals surface area contributed by atoms with Crippen molar-refractivity contribution in [3.63, 3.8) is 0 Å². The minimum atomic E-state index is 0.535. The van der Waals surface area contributed by atoms with Crippen molar-refractivity contribution in [2.75, 3.05) is 0 Å². The maximum atomic E-state index is 3.81. The van der Waals surface area contributed by atoms with E-state index in [0.29, 0.717) is 12.1 Å². The summed E-state index contributed by atoms with van der Waals surface area (Å²) in [6.45, 7) is 2.30. The molecule has 0 bridgehead atoms. The van der Waals surface area contributed by atoms with Crippen molar-refractivity contribution in [2.45, 2.75) is 44.7 Å². The number of aryl methyl sites for hydroxylation is 1. The predicted molar refractivity (Wildman–Crippen MR) is 85.0 cm³/mol. The first-order valence-electron chi connectivity index (χ1n) is 7.68. The van der Waals surface area contributed by atoms with E-state index in [9.17, 15) is 0 Å². The first-order valence-corrected chi connectivity index (χ1v) is 7.68. The molecular formula is C19H23N. The molecule has 0 spiro atoms. The third-order valence-corrected chi connectivity index (χ3v) is 4.25. The van der Waals surface area contributed by atoms with Gasteiger partial charge in [-0.15, -0.1) is 0 Å². The van der Waals surface area contributed by atoms with Crippen LogP contribution in [0, 0.1) is 0 Å². The van der Waals surface area contributed by atoms with Gasteiger partial charge in [-0.05, 0) is 49.3 Å². The summed E-state index contributed by atoms with van der Waals surface area (Å²) >= 11 is 0. The zero-order chi connectivity index (χ0) is 13.8. The number of hydrogen-bond donors (Lipinski definition) is 1. The fourth-order valence-electron chi connectivity index (χ4n) is 3.27. The highest BCUT2D eigenvalue weighted by molar-refractivity contribution is 5.30. The van der Waals surface area contributed by atoms with Crippen LogP contribution in [0.15, 0.2) is 54.6 Å². The molecule has 1 N–H and O–H groups in total. The largest absolute Gasteiger partial charge is 0.311 e. The van der Waals surface area contributed by atoms with Crippen molar-refractivity contribution < 1.29 is 0 Å². The Morgan fingerprint density at radius 2 is 1.70 bits per heavy atom. The van der Waals surface area contributed by atoms with E-state index in [0.717, 1.165) is 6.42 Å². The summed E-state index contributed by atoms with van der Waals surface area (Å²) in [5, 5.41) is 3.81. The Morgan fingerprint density at radius 1 is 1.00 bits per heavy atom. The summed E-state index contributed by atoms with van der Waals surface area (Å²) in [6.07, 6.45) is 4.76. The van der Waals surface area contributed by atoms with Gasteiger partial charge in [-0.2, -0.15) is 0 Å². The highest BCUT2D eigenvalue weighted by atomic mass is 14.9. The molecule has 1 aliphatic rings. The molecule has 0 heterocycles. The quantitative estimate of drug-likeness (QED) is 0.887. The third kappa shape index (κ3) is 3.29. The molecule has 1 aliphatic carbocycles. The summed E-state index contributed by atoms with van der Waals surface area (Å²) in [5.41, 5.74) is 4.49. The molecule has 3 rings (SSSR count). The molecule has 2 unspecified atom stereocenters. The van der Waals surface area contributed by atoms with Gasteiger partial charge in [0.05, 0.1) is 0 Å². The van der Waals surface area contributed by atoms with Crippen LogP contribution in [0.5, 0.6) is 0 Å². The first kappa shape index (κ1) is 13.4. The molecule has 1 nitrogen and oxygen atoms in total. The number of rotatable bonds is 4. The normalized spacial score (nSPS) is 19.4. The van der Waals surface area contributed by atoms with Crippen LogP contribution in [0.3, 0.4) is 0 Å². The molecule has 2 aromatic carbocycles. The van der Waals surface area contributed by atoms with E-state index in [1.54, 1.807) is 5.56 Å². The second-order valence-corrected chi connectivity index (χ2v) is 5.97. The van der Waals surface area contributed by atoms with Gasteiger partial charge in [-0.25, -0.2) is 0 Å². The molecule has 0 radical (unpaired) electrons. The van der Waals surface area contributed by atoms with Gasteiger partial charge >= 0.3 is 0 Å². The second-order valence-electron chi connectivity index (χ2n) is 5.97. The smallest absolute Gasteiger partial charge is 0.0113 e. The molecule has 0 aromatic heterocycles. The molecule has 0 fully saturated rings. The standard InChI is InChI=1S/C19H23N/c1-15(13-16-7-3-2-4-8-16)20-19-12-11-17-9-5-6-10-18(17)14-19/h2-10,15,19-20H,11-14H2,1H3. The topological polar surface area (TPSA) is 12.0 Å². The predicted octanol–water partition coefficient (Wildman–Crippen LogP) is 3.76. The molecule has 2 atom stereocenters. The number of nitrogens with one attached hydrogen (secondary N) is 1. The van der Waals surface area contributed by atoms with Crippen LogP contribution >= 0.6 is 0 Å². The average molecular weight is 265 g/mol. The van der Waals surface area contributed by atoms with Gasteiger partial charge in [0.1, 0.15) is 0 Å². The molecular weight excluding hydrogens is 242 g/mol. The third-order valence-electron chi connectivity index (χ3n) is 4.25. The van der Waals surface area contributed by atoms with Gasteiger partial charge in [0.15, 0.2) is 0 Å². The second kappa shape index (κ2) is 6.23. The Labute approximate surface area is 122 Å². The SMILES string of the molecule is CC(Cc1ccccc1)NC1CCc2ccccc2C1. The number of benzene rings is 2. The lowest BCUT2D eigenvalue weighted by Crippen LogP contribution is -2.41. The van der Waals surface area contributed by atoms with Gasteiger partial charge in [0.25, 0.3) is 0 Å². The van der Waals surface area contributed by atoms with Crippen molar-refractivity contribution in [1.82, 2.24) is 5.32 Å². The van der Waals surface area contributed by atoms with E-state index in [-0.39, 0.29) is 0 Å². The summed E-state index contributed by atoms with van der Waals surface area (Å²) in [4.78, 5) is 0. The summed E-state index contributed by atoms with van der Waals surface area (Å²) in [5.74, 6) is 0. The zero-order valence-corrected chi connectivity index (χ0v) is 12.2. The van der Waals surface area contributed by atoms with Crippen molar-refractivity contribution in [3.8, 4) is 0 Å². The van der Waals surface area contributed by atoms with Crippen molar-refractivity contribution >= 4 is 0 Å². The summed E-state index contributed by atoms with van der Waals surface area (Å²) in [7, 11) is 0. The van der Waals surface area contributed by atoms with Gasteiger partial charge in [0.2, 0.25) is 0 Å². The van der Waals surface area contributed by atoms with Crippen LogP contribution in [-0.2, 0) is 19.3 Å². The molecule has 1 heteroatoms. The van der Waals surface area contributed by atoms with E-state index in [1.165, 1.54) is 30.4 Å². The van der Waals surface area contributed by atoms with Crippen LogP contribution in [0.2, 0.25) is 0 Å². The lowest BCUT2D eigenvalue weighted by Gasteiger charge is -2.28. The van der Waals surface area contributed by atoms with E-state index >= 15 is 0 Å². The Balaban J connectivity index is 1.57. The number of hydrogen-bond acceptors (Lipinski definition) is 1. The van der Waals surface area contributed by atoms with Crippen molar-refractivity contribution in [2.24, 2.45) is 0 Å². The van der Waals surface area contributed by atoms with Gasteiger partial charge < -0.3 is 5.32 Å². The van der Waals surface area contributed by atoms with Gasteiger partial charge in [-0.3, -0.25) is 0 Å². The summed E-state index contributed by atoms with van der Waals surface area (Å²) in [6, 6.07) is 20.8. The fraction of sp³-hybridized carbons (Fsp3) is 0.368. The average Bonchev–Trinajstić information content (AvgIpc) is 2.48. The minimum Gasteiger partial charge on any atom is -0.311 e. The van der Waals surface area contributed by atoms with Crippen molar-refractivity contribution in [1.29, 1.82) is 0 Å². The van der Waals surface area contributed by atoms with Crippen LogP contribution in [0.25, 0.3) is 0 Å². The maximum Gasteiger partial charge on any atom is 0.0113 e. The molecule has 20 heavy (non-hydrogen) atoms. The van der Waals surface area contributed by atoms with E-state index < -0.39 is 0 Å². The lowest BCUT2D eigenvalue weighted by molar-refractivity contribution is 0.405. The molecule has 0 saturated heterocycles. The highest BCUT2D eigenvalue weighted by Crippen LogP contribution is 2.21. The summed E-state index contributed by atoms with van der Waals surface area (Å²) < 4.78 is 0. The van der Waals surface area contributed by atoms with Crippen LogP contribution in [0.1, 0.15) is 30.0 Å². The van der Waals surface area contributed by atoms with Gasteiger partial charge in [-0.1, -0.05) is 54.6 Å². The highest BCUT2D eigenvalue weighted by Gasteiger charge is 2.19. The maximum absolute atomic E-state index is 3.81. The molecule has 2 aromatic rings. The van der Waals surface area contributed by atoms with E-state index in [1.807, 2.05) is 0 Å². The first-order chi connectivity index (χ1) is 9.81. The Hall–Kier alpha value is -1.60. The van der Waals surface area contributed by atoms with Gasteiger partial charge in [0, 0.05) is 12.1 Å². The number of fused-ring (bicyclic) bond motifs is 1. The molecule has 104 valence electrons. The zero-order valence-electron chi connectivity index (χ0n) is 12.2. The Morgan fingerprint density at radius 3 is 2.50 bits per heavy atom. The monoisotopic (exact) mass is 265 g/mol.